The van der Waals surface area contributed by atoms with Crippen molar-refractivity contribution < 1.29 is 17.6 Å². The maximum absolute atomic E-state index is 14.2. The fourth-order valence-electron chi connectivity index (χ4n) is 3.79. The van der Waals surface area contributed by atoms with Crippen LogP contribution in [0.3, 0.4) is 0 Å². The smallest absolute Gasteiger partial charge is 0.184 e. The van der Waals surface area contributed by atoms with Gasteiger partial charge in [0.05, 0.1) is 21.1 Å². The molecule has 0 fully saturated rings. The van der Waals surface area contributed by atoms with Crippen LogP contribution in [0.4, 0.5) is 23.4 Å². The number of nitrogens with two attached hydrogens (primary N) is 1. The molecule has 3 N–H and O–H groups in total. The highest BCUT2D eigenvalue weighted by Gasteiger charge is 2.13. The lowest BCUT2D eigenvalue weighted by molar-refractivity contribution is 0.625. The van der Waals surface area contributed by atoms with E-state index >= 15 is 0 Å². The van der Waals surface area contributed by atoms with Crippen LogP contribution in [0.25, 0.3) is 21.8 Å². The van der Waals surface area contributed by atoms with E-state index in [4.69, 9.17) is 40.5 Å². The Hall–Kier alpha value is -3.95. The fourth-order valence-corrected chi connectivity index (χ4v) is 4.53. The largest absolute Gasteiger partial charge is 0.363 e. The Balaban J connectivity index is 0.000000163. The van der Waals surface area contributed by atoms with Crippen LogP contribution in [0.5, 0.6) is 0 Å². The molecule has 2 aromatic heterocycles. The number of halogens is 7. The van der Waals surface area contributed by atoms with E-state index < -0.39 is 11.6 Å². The Morgan fingerprint density at radius 2 is 1.05 bits per heavy atom. The highest BCUT2D eigenvalue weighted by atomic mass is 35.5. The van der Waals surface area contributed by atoms with Crippen molar-refractivity contribution in [2.75, 3.05) is 5.32 Å². The average Bonchev–Trinajstić information content (AvgIpc) is 3.03. The van der Waals surface area contributed by atoms with Gasteiger partial charge in [-0.25, -0.2) is 27.5 Å². The van der Waals surface area contributed by atoms with Gasteiger partial charge >= 0.3 is 0 Å². The predicted octanol–water partition coefficient (Wildman–Crippen LogP) is 9.74. The molecule has 220 valence electrons. The Morgan fingerprint density at radius 1 is 0.581 bits per heavy atom. The number of nitrogens with zero attached hydrogens (tertiary/aromatic N) is 2. The number of aromatic nitrogens is 2. The number of nitrogens with one attached hydrogen (secondary N) is 1. The average molecular weight is 646 g/mol. The fraction of sp³-hybridized carbons (Fsp3) is 0.0625. The summed E-state index contributed by atoms with van der Waals surface area (Å²) < 4.78 is 52.3. The lowest BCUT2D eigenvalue weighted by Crippen LogP contribution is -2.04. The first-order valence-electron chi connectivity index (χ1n) is 12.7. The van der Waals surface area contributed by atoms with Gasteiger partial charge in [-0.15, -0.1) is 0 Å². The molecule has 0 spiro atoms. The van der Waals surface area contributed by atoms with Crippen LogP contribution in [0.15, 0.2) is 97.1 Å². The molecule has 0 atom stereocenters. The maximum Gasteiger partial charge on any atom is 0.184 e. The number of anilines is 1. The van der Waals surface area contributed by atoms with E-state index in [1.165, 1.54) is 24.3 Å². The lowest BCUT2D eigenvalue weighted by atomic mass is 10.2. The second kappa shape index (κ2) is 15.0. The molecule has 43 heavy (non-hydrogen) atoms. The van der Waals surface area contributed by atoms with Crippen LogP contribution in [0.2, 0.25) is 15.2 Å². The van der Waals surface area contributed by atoms with Gasteiger partial charge in [0.1, 0.15) is 11.6 Å². The van der Waals surface area contributed by atoms with Gasteiger partial charge in [-0.05, 0) is 47.5 Å². The third kappa shape index (κ3) is 8.33. The third-order valence-corrected chi connectivity index (χ3v) is 7.02. The molecule has 0 unspecified atom stereocenters. The quantitative estimate of drug-likeness (QED) is 0.148. The number of hydrogen-bond acceptors (Lipinski definition) is 4. The molecule has 0 amide bonds. The normalized spacial score (nSPS) is 10.5. The number of benzene rings is 4. The molecule has 0 aliphatic rings. The lowest BCUT2D eigenvalue weighted by Gasteiger charge is -2.10. The summed E-state index contributed by atoms with van der Waals surface area (Å²) in [5.74, 6) is -1.69. The van der Waals surface area contributed by atoms with E-state index in [9.17, 15) is 17.6 Å². The van der Waals surface area contributed by atoms with E-state index in [2.05, 4.69) is 15.3 Å². The third-order valence-electron chi connectivity index (χ3n) is 6.03. The molecule has 0 saturated heterocycles. The first kappa shape index (κ1) is 32.0. The van der Waals surface area contributed by atoms with Gasteiger partial charge in [0.15, 0.2) is 22.6 Å². The van der Waals surface area contributed by atoms with Crippen molar-refractivity contribution in [2.24, 2.45) is 5.73 Å². The van der Waals surface area contributed by atoms with Crippen molar-refractivity contribution in [3.63, 3.8) is 0 Å². The van der Waals surface area contributed by atoms with Gasteiger partial charge in [-0.3, -0.25) is 0 Å². The SMILES string of the molecule is Fc1c(Cl)nc2ccccc2c1Cl.Fc1ccc(CNc2nc3ccccc3c(Cl)c2F)cc1.NCc1ccc(F)cc1. The Kier molecular flexibility index (Phi) is 11.1. The standard InChI is InChI=1S/C16H11ClF2N2.C9H4Cl2FN.C7H8FN/c17-14-12-3-1-2-4-13(12)21-16(15(14)19)20-9-10-5-7-11(18)8-6-10;10-7-5-3-1-2-4-6(5)13-9(11)8(7)12;8-7-3-1-6(5-9)2-4-7/h1-8H,9H2,(H,20,21);1-4H;1-4H,5,9H2. The van der Waals surface area contributed by atoms with Gasteiger partial charge in [0.25, 0.3) is 0 Å². The van der Waals surface area contributed by atoms with Crippen LogP contribution in [0, 0.1) is 23.3 Å². The summed E-state index contributed by atoms with van der Waals surface area (Å²) in [6, 6.07) is 26.2. The van der Waals surface area contributed by atoms with E-state index in [1.54, 1.807) is 66.7 Å². The van der Waals surface area contributed by atoms with Crippen LogP contribution in [-0.4, -0.2) is 9.97 Å². The highest BCUT2D eigenvalue weighted by Crippen LogP contribution is 2.30. The summed E-state index contributed by atoms with van der Waals surface area (Å²) in [5.41, 5.74) is 8.27. The summed E-state index contributed by atoms with van der Waals surface area (Å²) in [6.07, 6.45) is 0. The number of hydrogen-bond donors (Lipinski definition) is 2. The Bertz CT molecular complexity index is 1840. The van der Waals surface area contributed by atoms with Gasteiger partial charge in [0, 0.05) is 23.9 Å². The van der Waals surface area contributed by atoms with Gasteiger partial charge in [-0.1, -0.05) is 95.5 Å². The molecule has 0 saturated carbocycles. The van der Waals surface area contributed by atoms with Crippen LogP contribution in [-0.2, 0) is 13.1 Å². The number of para-hydroxylation sites is 2. The molecular weight excluding hydrogens is 623 g/mol. The Morgan fingerprint density at radius 3 is 1.58 bits per heavy atom. The molecule has 2 heterocycles. The predicted molar refractivity (Wildman–Crippen MR) is 166 cm³/mol. The van der Waals surface area contributed by atoms with E-state index in [0.29, 0.717) is 34.9 Å². The first-order valence-corrected chi connectivity index (χ1v) is 13.9. The highest BCUT2D eigenvalue weighted by molar-refractivity contribution is 6.38. The molecule has 6 aromatic rings. The number of rotatable bonds is 4. The summed E-state index contributed by atoms with van der Waals surface area (Å²) in [7, 11) is 0. The topological polar surface area (TPSA) is 63.8 Å². The summed E-state index contributed by atoms with van der Waals surface area (Å²) in [6.45, 7) is 0.805. The monoisotopic (exact) mass is 644 g/mol. The molecule has 0 aliphatic heterocycles. The molecule has 0 radical (unpaired) electrons. The summed E-state index contributed by atoms with van der Waals surface area (Å²) in [5, 5.41) is 3.91. The van der Waals surface area contributed by atoms with Gasteiger partial charge < -0.3 is 11.1 Å². The second-order valence-corrected chi connectivity index (χ2v) is 10.1. The van der Waals surface area contributed by atoms with Crippen molar-refractivity contribution in [3.8, 4) is 0 Å². The molecular formula is C32H23Cl3F4N4. The van der Waals surface area contributed by atoms with Crippen molar-refractivity contribution in [3.05, 3.63) is 147 Å². The first-order chi connectivity index (χ1) is 20.7. The molecule has 6 rings (SSSR count). The van der Waals surface area contributed by atoms with Crippen molar-refractivity contribution in [2.45, 2.75) is 13.1 Å². The van der Waals surface area contributed by atoms with Crippen molar-refractivity contribution in [1.29, 1.82) is 0 Å². The minimum Gasteiger partial charge on any atom is -0.363 e. The molecule has 4 nitrogen and oxygen atoms in total. The molecule has 4 aromatic carbocycles. The van der Waals surface area contributed by atoms with Gasteiger partial charge in [0.2, 0.25) is 0 Å². The van der Waals surface area contributed by atoms with Crippen LogP contribution in [0.1, 0.15) is 11.1 Å². The Labute approximate surface area is 260 Å². The zero-order valence-corrected chi connectivity index (χ0v) is 24.5. The van der Waals surface area contributed by atoms with E-state index in [-0.39, 0.29) is 32.7 Å². The molecule has 0 bridgehead atoms. The van der Waals surface area contributed by atoms with Crippen LogP contribution >= 0.6 is 34.8 Å². The van der Waals surface area contributed by atoms with E-state index in [1.807, 2.05) is 6.07 Å². The van der Waals surface area contributed by atoms with E-state index in [0.717, 1.165) is 11.1 Å². The number of fused-ring (bicyclic) bond motifs is 2. The minimum atomic E-state index is -0.665. The van der Waals surface area contributed by atoms with Crippen molar-refractivity contribution >= 4 is 62.4 Å². The summed E-state index contributed by atoms with van der Waals surface area (Å²) in [4.78, 5) is 8.07. The maximum atomic E-state index is 14.2. The number of pyridine rings is 2. The zero-order valence-electron chi connectivity index (χ0n) is 22.3. The molecule has 0 aliphatic carbocycles. The summed E-state index contributed by atoms with van der Waals surface area (Å²) >= 11 is 17.3. The second-order valence-electron chi connectivity index (χ2n) is 8.96. The van der Waals surface area contributed by atoms with Crippen LogP contribution < -0.4 is 11.1 Å². The zero-order chi connectivity index (χ0) is 30.9. The minimum absolute atomic E-state index is 0.0237. The molecule has 11 heteroatoms. The van der Waals surface area contributed by atoms with Gasteiger partial charge in [-0.2, -0.15) is 0 Å². The van der Waals surface area contributed by atoms with Crippen molar-refractivity contribution in [1.82, 2.24) is 9.97 Å².